The monoisotopic (exact) mass is 481 g/mol. The fraction of sp³-hybridized carbons (Fsp3) is 0.280. The number of aromatic amines is 1. The smallest absolute Gasteiger partial charge is 0.332 e. The first kappa shape index (κ1) is 23.4. The molecule has 172 valence electrons. The third kappa shape index (κ3) is 4.78. The molecule has 2 heterocycles. The molecule has 6 nitrogen and oxygen atoms in total. The summed E-state index contributed by atoms with van der Waals surface area (Å²) >= 11 is 3.37. The second-order valence-electron chi connectivity index (χ2n) is 8.79. The Bertz CT molecular complexity index is 1430. The summed E-state index contributed by atoms with van der Waals surface area (Å²) in [5.41, 5.74) is 2.44. The molecular weight excluding hydrogens is 454 g/mol. The molecule has 0 unspecified atom stereocenters. The van der Waals surface area contributed by atoms with Gasteiger partial charge in [-0.2, -0.15) is 0 Å². The lowest BCUT2D eigenvalue weighted by Crippen LogP contribution is -2.27. The van der Waals surface area contributed by atoms with E-state index in [-0.39, 0.29) is 5.41 Å². The van der Waals surface area contributed by atoms with Crippen LogP contribution in [0.1, 0.15) is 31.2 Å². The first-order valence-corrected chi connectivity index (χ1v) is 12.6. The van der Waals surface area contributed by atoms with Crippen LogP contribution in [-0.4, -0.2) is 22.9 Å². The first-order chi connectivity index (χ1) is 15.7. The normalized spacial score (nSPS) is 11.8. The zero-order chi connectivity index (χ0) is 23.8. The highest BCUT2D eigenvalue weighted by molar-refractivity contribution is 7.96. The number of hydrogen-bond donors (Lipinski definition) is 2. The van der Waals surface area contributed by atoms with Crippen molar-refractivity contribution in [1.82, 2.24) is 14.3 Å². The maximum atomic E-state index is 12.5. The minimum Gasteiger partial charge on any atom is -0.496 e. The highest BCUT2D eigenvalue weighted by Crippen LogP contribution is 2.42. The van der Waals surface area contributed by atoms with Crippen molar-refractivity contribution in [1.29, 1.82) is 0 Å². The number of fused-ring (bicyclic) bond motifs is 1. The second-order valence-corrected chi connectivity index (χ2v) is 10.7. The van der Waals surface area contributed by atoms with Crippen LogP contribution < -0.4 is 20.7 Å². The largest absolute Gasteiger partial charge is 0.496 e. The van der Waals surface area contributed by atoms with E-state index in [2.05, 4.69) is 54.7 Å². The van der Waals surface area contributed by atoms with Gasteiger partial charge in [-0.15, -0.1) is 11.3 Å². The summed E-state index contributed by atoms with van der Waals surface area (Å²) in [4.78, 5) is 27.7. The third-order valence-corrected chi connectivity index (χ3v) is 6.99. The third-order valence-electron chi connectivity index (χ3n) is 5.46. The summed E-state index contributed by atoms with van der Waals surface area (Å²) in [6.07, 6.45) is 3.53. The Balaban J connectivity index is 1.94. The number of ether oxygens (including phenoxy) is 1. The predicted octanol–water partition coefficient (Wildman–Crippen LogP) is 5.08. The Labute approximate surface area is 200 Å². The van der Waals surface area contributed by atoms with Crippen molar-refractivity contribution >= 4 is 33.4 Å². The molecule has 0 saturated carbocycles. The van der Waals surface area contributed by atoms with Gasteiger partial charge in [0.25, 0.3) is 5.56 Å². The van der Waals surface area contributed by atoms with E-state index in [1.165, 1.54) is 31.8 Å². The van der Waals surface area contributed by atoms with Crippen molar-refractivity contribution in [3.63, 3.8) is 0 Å². The maximum absolute atomic E-state index is 12.5. The van der Waals surface area contributed by atoms with Crippen molar-refractivity contribution in [3.05, 3.63) is 79.9 Å². The van der Waals surface area contributed by atoms with Crippen LogP contribution in [0.4, 0.5) is 0 Å². The highest BCUT2D eigenvalue weighted by Gasteiger charge is 2.24. The highest BCUT2D eigenvalue weighted by atomic mass is 32.2. The van der Waals surface area contributed by atoms with Crippen molar-refractivity contribution in [2.24, 2.45) is 0 Å². The lowest BCUT2D eigenvalue weighted by atomic mass is 9.83. The number of nitrogens with one attached hydrogen (secondary N) is 2. The minimum atomic E-state index is -0.474. The fourth-order valence-electron chi connectivity index (χ4n) is 3.85. The standard InChI is InChI=1S/C25H27N3O3S2/c1-25(2,3)20-13-17(28-9-8-22(29)27-24(28)30)12-19(23(20)31-4)15-6-7-16-10-18(14-26-32-5)33-21(16)11-15/h6-13,26H,14H2,1-5H3,(H,27,29,30). The van der Waals surface area contributed by atoms with Gasteiger partial charge in [0.2, 0.25) is 0 Å². The van der Waals surface area contributed by atoms with Gasteiger partial charge in [-0.25, -0.2) is 4.79 Å². The van der Waals surface area contributed by atoms with E-state index >= 15 is 0 Å². The molecule has 2 aromatic heterocycles. The molecule has 0 spiro atoms. The van der Waals surface area contributed by atoms with E-state index in [1.807, 2.05) is 18.4 Å². The van der Waals surface area contributed by atoms with Crippen LogP contribution in [0.2, 0.25) is 0 Å². The van der Waals surface area contributed by atoms with Crippen molar-refractivity contribution in [3.8, 4) is 22.6 Å². The molecule has 2 N–H and O–H groups in total. The molecule has 8 heteroatoms. The van der Waals surface area contributed by atoms with Gasteiger partial charge in [-0.1, -0.05) is 44.9 Å². The Kier molecular flexibility index (Phi) is 6.52. The summed E-state index contributed by atoms with van der Waals surface area (Å²) in [7, 11) is 1.68. The molecule has 2 aromatic carbocycles. The van der Waals surface area contributed by atoms with Gasteiger partial charge >= 0.3 is 5.69 Å². The average Bonchev–Trinajstić information content (AvgIpc) is 3.18. The van der Waals surface area contributed by atoms with E-state index in [1.54, 1.807) is 30.4 Å². The molecule has 4 rings (SSSR count). The van der Waals surface area contributed by atoms with Crippen LogP contribution >= 0.6 is 23.3 Å². The molecule has 33 heavy (non-hydrogen) atoms. The van der Waals surface area contributed by atoms with Gasteiger partial charge in [0.15, 0.2) is 0 Å². The molecule has 0 saturated heterocycles. The summed E-state index contributed by atoms with van der Waals surface area (Å²) in [5.74, 6) is 0.781. The topological polar surface area (TPSA) is 76.1 Å². The van der Waals surface area contributed by atoms with Gasteiger partial charge in [0.05, 0.1) is 12.8 Å². The molecule has 0 aliphatic heterocycles. The zero-order valence-electron chi connectivity index (χ0n) is 19.3. The van der Waals surface area contributed by atoms with E-state index in [9.17, 15) is 9.59 Å². The average molecular weight is 482 g/mol. The summed E-state index contributed by atoms with van der Waals surface area (Å²) in [6, 6.07) is 13.8. The number of hydrogen-bond acceptors (Lipinski definition) is 6. The van der Waals surface area contributed by atoms with Crippen molar-refractivity contribution < 1.29 is 4.74 Å². The SMILES string of the molecule is COc1c(-c2ccc3cc(CNSC)sc3c2)cc(-n2ccc(=O)[nH]c2=O)cc1C(C)(C)C. The first-order valence-electron chi connectivity index (χ1n) is 10.5. The molecule has 0 fully saturated rings. The number of methoxy groups -OCH3 is 1. The lowest BCUT2D eigenvalue weighted by molar-refractivity contribution is 0.399. The van der Waals surface area contributed by atoms with E-state index < -0.39 is 11.2 Å². The van der Waals surface area contributed by atoms with E-state index in [0.717, 1.165) is 29.0 Å². The van der Waals surface area contributed by atoms with Crippen LogP contribution in [0.15, 0.2) is 58.3 Å². The Morgan fingerprint density at radius 2 is 1.91 bits per heavy atom. The maximum Gasteiger partial charge on any atom is 0.332 e. The Morgan fingerprint density at radius 3 is 2.58 bits per heavy atom. The predicted molar refractivity (Wildman–Crippen MR) is 139 cm³/mol. The Morgan fingerprint density at radius 1 is 1.12 bits per heavy atom. The number of thiophene rings is 1. The van der Waals surface area contributed by atoms with Crippen LogP contribution in [-0.2, 0) is 12.0 Å². The number of nitrogens with zero attached hydrogens (tertiary/aromatic N) is 1. The van der Waals surface area contributed by atoms with Crippen LogP contribution in [0.25, 0.3) is 26.9 Å². The van der Waals surface area contributed by atoms with Gasteiger partial charge in [0, 0.05) is 39.5 Å². The van der Waals surface area contributed by atoms with Crippen molar-refractivity contribution in [2.45, 2.75) is 32.7 Å². The van der Waals surface area contributed by atoms with E-state index in [0.29, 0.717) is 5.69 Å². The van der Waals surface area contributed by atoms with Gasteiger partial charge in [-0.3, -0.25) is 19.1 Å². The molecular formula is C25H27N3O3S2. The molecule has 4 aromatic rings. The number of benzene rings is 2. The number of rotatable bonds is 6. The number of H-pyrrole nitrogens is 1. The summed E-state index contributed by atoms with van der Waals surface area (Å²) in [5, 5.41) is 1.20. The second kappa shape index (κ2) is 9.21. The zero-order valence-corrected chi connectivity index (χ0v) is 20.9. The quantitative estimate of drug-likeness (QED) is 0.376. The van der Waals surface area contributed by atoms with Crippen LogP contribution in [0.5, 0.6) is 5.75 Å². The summed E-state index contributed by atoms with van der Waals surface area (Å²) < 4.78 is 11.9. The van der Waals surface area contributed by atoms with Gasteiger partial charge < -0.3 is 4.74 Å². The minimum absolute atomic E-state index is 0.231. The van der Waals surface area contributed by atoms with Crippen LogP contribution in [0.3, 0.4) is 0 Å². The van der Waals surface area contributed by atoms with Gasteiger partial charge in [0.1, 0.15) is 5.75 Å². The van der Waals surface area contributed by atoms with Gasteiger partial charge in [-0.05, 0) is 46.9 Å². The molecule has 0 radical (unpaired) electrons. The summed E-state index contributed by atoms with van der Waals surface area (Å²) in [6.45, 7) is 7.16. The number of aromatic nitrogens is 2. The molecule has 0 aliphatic rings. The Hall–Kier alpha value is -2.81. The molecule has 0 bridgehead atoms. The molecule has 0 aliphatic carbocycles. The molecule has 0 amide bonds. The van der Waals surface area contributed by atoms with Crippen molar-refractivity contribution in [2.75, 3.05) is 13.4 Å². The lowest BCUT2D eigenvalue weighted by Gasteiger charge is -2.25. The fourth-order valence-corrected chi connectivity index (χ4v) is 5.28. The van der Waals surface area contributed by atoms with Crippen LogP contribution in [0, 0.1) is 0 Å². The van der Waals surface area contributed by atoms with E-state index in [4.69, 9.17) is 4.74 Å². The molecule has 0 atom stereocenters.